The van der Waals surface area contributed by atoms with Crippen LogP contribution in [0.5, 0.6) is 5.88 Å². The minimum Gasteiger partial charge on any atom is -0.480 e. The minimum absolute atomic E-state index is 0.0731. The number of aromatic nitrogens is 2. The van der Waals surface area contributed by atoms with E-state index < -0.39 is 0 Å². The smallest absolute Gasteiger partial charge is 0.251 e. The van der Waals surface area contributed by atoms with E-state index in [-0.39, 0.29) is 5.91 Å². The van der Waals surface area contributed by atoms with E-state index in [2.05, 4.69) is 89.5 Å². The molecule has 5 rings (SSSR count). The fourth-order valence-electron chi connectivity index (χ4n) is 7.52. The minimum atomic E-state index is -0.0731. The number of carbonyl (C=O) groups is 1. The second-order valence-electron chi connectivity index (χ2n) is 13.6. The molecule has 1 amide bonds. The quantitative estimate of drug-likeness (QED) is 0.255. The number of likely N-dealkylation sites (tertiary alicyclic amines) is 1. The largest absolute Gasteiger partial charge is 0.480 e. The predicted molar refractivity (Wildman–Crippen MR) is 189 cm³/mol. The lowest BCUT2D eigenvalue weighted by Gasteiger charge is -2.40. The molecule has 2 heterocycles. The van der Waals surface area contributed by atoms with Gasteiger partial charge in [0.15, 0.2) is 0 Å². The summed E-state index contributed by atoms with van der Waals surface area (Å²) in [6.45, 7) is 11.0. The van der Waals surface area contributed by atoms with E-state index in [9.17, 15) is 4.79 Å². The van der Waals surface area contributed by atoms with Gasteiger partial charge in [-0.1, -0.05) is 37.1 Å². The number of ether oxygens (including phenoxy) is 1. The van der Waals surface area contributed by atoms with Crippen molar-refractivity contribution in [1.29, 1.82) is 0 Å². The molecule has 46 heavy (non-hydrogen) atoms. The number of aryl methyl sites for hydroxylation is 1. The van der Waals surface area contributed by atoms with E-state index in [1.54, 1.807) is 11.8 Å². The molecule has 0 bridgehead atoms. The van der Waals surface area contributed by atoms with Crippen LogP contribution in [0.1, 0.15) is 91.0 Å². The van der Waals surface area contributed by atoms with Gasteiger partial charge in [0, 0.05) is 49.2 Å². The Labute approximate surface area is 277 Å². The maximum Gasteiger partial charge on any atom is 0.251 e. The Hall–Kier alpha value is -3.36. The van der Waals surface area contributed by atoms with Gasteiger partial charge in [0.2, 0.25) is 5.88 Å². The van der Waals surface area contributed by atoms with Crippen LogP contribution in [0.25, 0.3) is 11.1 Å². The third kappa shape index (κ3) is 7.77. The topological polar surface area (TPSA) is 65.9 Å². The molecule has 8 nitrogen and oxygen atoms in total. The SMILES string of the molecule is CCN(c1cc(-c2ccc(CN3CCCCCC3)cc2)cc(C(=O)NCc2c(OC)nn(C)c2C)c1C)[C@H]1CC[C@H](N(C)C)CC1. The molecule has 0 radical (unpaired) electrons. The number of methoxy groups -OCH3 is 1. The van der Waals surface area contributed by atoms with Crippen molar-refractivity contribution < 1.29 is 9.53 Å². The summed E-state index contributed by atoms with van der Waals surface area (Å²) in [4.78, 5) is 21.5. The van der Waals surface area contributed by atoms with Crippen LogP contribution >= 0.6 is 0 Å². The van der Waals surface area contributed by atoms with Gasteiger partial charge in [-0.05, 0) is 121 Å². The highest BCUT2D eigenvalue weighted by atomic mass is 16.5. The predicted octanol–water partition coefficient (Wildman–Crippen LogP) is 6.72. The van der Waals surface area contributed by atoms with Gasteiger partial charge in [-0.3, -0.25) is 14.4 Å². The Bertz CT molecular complexity index is 1450. The maximum absolute atomic E-state index is 14.0. The summed E-state index contributed by atoms with van der Waals surface area (Å²) < 4.78 is 7.30. The summed E-state index contributed by atoms with van der Waals surface area (Å²) in [7, 11) is 7.91. The van der Waals surface area contributed by atoms with E-state index in [1.165, 1.54) is 62.9 Å². The first-order valence-corrected chi connectivity index (χ1v) is 17.4. The lowest BCUT2D eigenvalue weighted by molar-refractivity contribution is 0.0950. The Morgan fingerprint density at radius 1 is 0.957 bits per heavy atom. The lowest BCUT2D eigenvalue weighted by Crippen LogP contribution is -2.42. The summed E-state index contributed by atoms with van der Waals surface area (Å²) in [5.41, 5.74) is 8.39. The molecule has 1 aliphatic carbocycles. The van der Waals surface area contributed by atoms with Gasteiger partial charge in [-0.25, -0.2) is 0 Å². The molecule has 1 aliphatic heterocycles. The molecule has 1 saturated heterocycles. The van der Waals surface area contributed by atoms with Crippen LogP contribution in [0, 0.1) is 13.8 Å². The van der Waals surface area contributed by atoms with Crippen molar-refractivity contribution >= 4 is 11.6 Å². The van der Waals surface area contributed by atoms with Gasteiger partial charge in [0.05, 0.1) is 19.2 Å². The van der Waals surface area contributed by atoms with E-state index in [1.807, 2.05) is 14.0 Å². The third-order valence-corrected chi connectivity index (χ3v) is 10.5. The third-order valence-electron chi connectivity index (χ3n) is 10.5. The fourth-order valence-corrected chi connectivity index (χ4v) is 7.52. The first-order valence-electron chi connectivity index (χ1n) is 17.4. The number of amides is 1. The molecule has 1 saturated carbocycles. The van der Waals surface area contributed by atoms with Crippen molar-refractivity contribution in [3.8, 4) is 17.0 Å². The number of nitrogens with one attached hydrogen (secondary N) is 1. The molecule has 0 unspecified atom stereocenters. The van der Waals surface area contributed by atoms with Crippen LogP contribution < -0.4 is 15.0 Å². The van der Waals surface area contributed by atoms with E-state index >= 15 is 0 Å². The zero-order valence-corrected chi connectivity index (χ0v) is 29.4. The normalized spacial score (nSPS) is 19.2. The number of rotatable bonds is 11. The highest BCUT2D eigenvalue weighted by Gasteiger charge is 2.28. The number of hydrogen-bond donors (Lipinski definition) is 1. The Balaban J connectivity index is 1.45. The van der Waals surface area contributed by atoms with Crippen LogP contribution in [-0.2, 0) is 20.1 Å². The zero-order valence-electron chi connectivity index (χ0n) is 29.4. The number of nitrogens with zero attached hydrogens (tertiary/aromatic N) is 5. The molecule has 0 atom stereocenters. The van der Waals surface area contributed by atoms with E-state index in [0.29, 0.717) is 24.5 Å². The number of carbonyl (C=O) groups excluding carboxylic acids is 1. The molecule has 1 aromatic heterocycles. The molecule has 250 valence electrons. The Morgan fingerprint density at radius 2 is 1.61 bits per heavy atom. The molecule has 3 aromatic rings. The Kier molecular flexibility index (Phi) is 11.4. The van der Waals surface area contributed by atoms with Gasteiger partial charge in [-0.15, -0.1) is 5.10 Å². The van der Waals surface area contributed by atoms with Gasteiger partial charge in [-0.2, -0.15) is 0 Å². The van der Waals surface area contributed by atoms with Crippen molar-refractivity contribution in [1.82, 2.24) is 24.9 Å². The number of anilines is 1. The average molecular weight is 629 g/mol. The van der Waals surface area contributed by atoms with E-state index in [0.717, 1.165) is 59.4 Å². The standard InChI is InChI=1S/C38H56N6O2/c1-8-44(33-19-17-32(18-20-33)41(4)5)36-24-31(30-15-13-29(14-16-30)26-43-21-11-9-10-12-22-43)23-34(27(36)2)37(45)39-25-35-28(3)42(6)40-38(35)46-7/h13-16,23-24,32-33H,8-12,17-22,25-26H2,1-7H3,(H,39,45)/t32-,33-. The van der Waals surface area contributed by atoms with Crippen molar-refractivity contribution in [3.05, 3.63) is 64.3 Å². The summed E-state index contributed by atoms with van der Waals surface area (Å²) >= 11 is 0. The second kappa shape index (κ2) is 15.5. The molecular weight excluding hydrogens is 572 g/mol. The second-order valence-corrected chi connectivity index (χ2v) is 13.6. The first kappa shape index (κ1) is 34.0. The maximum atomic E-state index is 14.0. The van der Waals surface area contributed by atoms with Crippen molar-refractivity contribution in [2.24, 2.45) is 7.05 Å². The molecule has 2 aliphatic rings. The highest BCUT2D eigenvalue weighted by Crippen LogP contribution is 2.36. The molecule has 0 spiro atoms. The highest BCUT2D eigenvalue weighted by molar-refractivity contribution is 5.99. The Morgan fingerprint density at radius 3 is 2.22 bits per heavy atom. The molecule has 8 heteroatoms. The van der Waals surface area contributed by atoms with Crippen LogP contribution in [0.4, 0.5) is 5.69 Å². The molecule has 2 aromatic carbocycles. The summed E-state index contributed by atoms with van der Waals surface area (Å²) in [5.74, 6) is 0.480. The number of benzene rings is 2. The van der Waals surface area contributed by atoms with Crippen molar-refractivity contribution in [3.63, 3.8) is 0 Å². The fraction of sp³-hybridized carbons (Fsp3) is 0.579. The van der Waals surface area contributed by atoms with Gasteiger partial charge < -0.3 is 19.9 Å². The van der Waals surface area contributed by atoms with Gasteiger partial charge >= 0.3 is 0 Å². The van der Waals surface area contributed by atoms with E-state index in [4.69, 9.17) is 4.74 Å². The van der Waals surface area contributed by atoms with Gasteiger partial charge in [0.25, 0.3) is 5.91 Å². The van der Waals surface area contributed by atoms with Crippen molar-refractivity contribution in [2.75, 3.05) is 45.7 Å². The van der Waals surface area contributed by atoms with Crippen LogP contribution in [0.15, 0.2) is 36.4 Å². The summed E-state index contributed by atoms with van der Waals surface area (Å²) in [6.07, 6.45) is 10.0. The van der Waals surface area contributed by atoms with Crippen LogP contribution in [-0.4, -0.2) is 78.4 Å². The van der Waals surface area contributed by atoms with Crippen LogP contribution in [0.3, 0.4) is 0 Å². The lowest BCUT2D eigenvalue weighted by atomic mass is 9.88. The average Bonchev–Trinajstić information content (AvgIpc) is 3.19. The first-order chi connectivity index (χ1) is 22.2. The van der Waals surface area contributed by atoms with Crippen molar-refractivity contribution in [2.45, 2.75) is 97.3 Å². The van der Waals surface area contributed by atoms with Crippen LogP contribution in [0.2, 0.25) is 0 Å². The summed E-state index contributed by atoms with van der Waals surface area (Å²) in [6, 6.07) is 14.5. The zero-order chi connectivity index (χ0) is 32.8. The molecular formula is C38H56N6O2. The molecule has 2 fully saturated rings. The number of hydrogen-bond acceptors (Lipinski definition) is 6. The monoisotopic (exact) mass is 628 g/mol. The molecule has 1 N–H and O–H groups in total. The summed E-state index contributed by atoms with van der Waals surface area (Å²) in [5, 5.41) is 7.65. The van der Waals surface area contributed by atoms with Gasteiger partial charge in [0.1, 0.15) is 0 Å².